The first-order valence-corrected chi connectivity index (χ1v) is 11.9. The number of nitrogens with one attached hydrogen (secondary N) is 1. The minimum Gasteiger partial charge on any atom is -0.497 e. The molecule has 2 aliphatic heterocycles. The van der Waals surface area contributed by atoms with Crippen molar-refractivity contribution in [2.45, 2.75) is 51.2 Å². The Morgan fingerprint density at radius 2 is 1.69 bits per heavy atom. The summed E-state index contributed by atoms with van der Waals surface area (Å²) in [6.45, 7) is 5.46. The largest absolute Gasteiger partial charge is 0.497 e. The standard InChI is InChI=1S/C27H34N2O3/c1-5-6-11-28-27-23-8-7-12-29(23)16-22-21-15-25(32-4)24(31-3)14-20(21)19-13-17(30-2)9-10-18(19)26(22)27/h9-10,13-15,23,27-28H,5-8,11-12,16H2,1-4H3/t23-,27+/m1/s1. The highest BCUT2D eigenvalue weighted by Crippen LogP contribution is 2.47. The molecule has 1 fully saturated rings. The van der Waals surface area contributed by atoms with Crippen molar-refractivity contribution in [2.75, 3.05) is 34.4 Å². The Morgan fingerprint density at radius 3 is 2.41 bits per heavy atom. The third-order valence-electron chi connectivity index (χ3n) is 7.35. The van der Waals surface area contributed by atoms with E-state index in [2.05, 4.69) is 47.5 Å². The van der Waals surface area contributed by atoms with Gasteiger partial charge in [-0.25, -0.2) is 0 Å². The summed E-state index contributed by atoms with van der Waals surface area (Å²) in [7, 11) is 5.15. The molecule has 0 saturated carbocycles. The second kappa shape index (κ2) is 8.80. The molecule has 2 aliphatic rings. The molecule has 3 aromatic rings. The van der Waals surface area contributed by atoms with Crippen LogP contribution >= 0.6 is 0 Å². The quantitative estimate of drug-likeness (QED) is 0.397. The van der Waals surface area contributed by atoms with Gasteiger partial charge in [0, 0.05) is 18.6 Å². The van der Waals surface area contributed by atoms with Crippen LogP contribution in [0.3, 0.4) is 0 Å². The third-order valence-corrected chi connectivity index (χ3v) is 7.35. The third kappa shape index (κ3) is 3.39. The summed E-state index contributed by atoms with van der Waals surface area (Å²) in [4.78, 5) is 2.68. The number of methoxy groups -OCH3 is 3. The molecule has 0 unspecified atom stereocenters. The second-order valence-corrected chi connectivity index (χ2v) is 9.02. The van der Waals surface area contributed by atoms with Gasteiger partial charge in [-0.2, -0.15) is 0 Å². The van der Waals surface area contributed by atoms with E-state index in [0.29, 0.717) is 12.1 Å². The Morgan fingerprint density at radius 1 is 0.938 bits per heavy atom. The molecule has 1 N–H and O–H groups in total. The molecule has 0 aliphatic carbocycles. The summed E-state index contributed by atoms with van der Waals surface area (Å²) in [5.74, 6) is 2.42. The zero-order valence-corrected chi connectivity index (χ0v) is 19.7. The molecule has 2 heterocycles. The van der Waals surface area contributed by atoms with E-state index in [0.717, 1.165) is 30.3 Å². The van der Waals surface area contributed by atoms with E-state index in [1.54, 1.807) is 21.3 Å². The van der Waals surface area contributed by atoms with Gasteiger partial charge in [0.25, 0.3) is 0 Å². The smallest absolute Gasteiger partial charge is 0.161 e. The molecule has 0 bridgehead atoms. The molecule has 0 radical (unpaired) electrons. The number of nitrogens with zero attached hydrogens (tertiary/aromatic N) is 1. The zero-order valence-electron chi connectivity index (χ0n) is 19.7. The first kappa shape index (κ1) is 21.4. The van der Waals surface area contributed by atoms with Crippen molar-refractivity contribution in [2.24, 2.45) is 0 Å². The lowest BCUT2D eigenvalue weighted by atomic mass is 9.82. The van der Waals surface area contributed by atoms with Crippen molar-refractivity contribution in [3.63, 3.8) is 0 Å². The van der Waals surface area contributed by atoms with E-state index in [9.17, 15) is 0 Å². The van der Waals surface area contributed by atoms with Gasteiger partial charge in [-0.3, -0.25) is 4.90 Å². The van der Waals surface area contributed by atoms with Crippen LogP contribution in [0.4, 0.5) is 0 Å². The van der Waals surface area contributed by atoms with E-state index >= 15 is 0 Å². The minimum atomic E-state index is 0.334. The molecule has 2 atom stereocenters. The van der Waals surface area contributed by atoms with Crippen molar-refractivity contribution in [3.05, 3.63) is 41.5 Å². The molecule has 0 aromatic heterocycles. The molecule has 3 aromatic carbocycles. The molecule has 32 heavy (non-hydrogen) atoms. The molecule has 0 amide bonds. The number of fused-ring (bicyclic) bond motifs is 7. The number of benzene rings is 3. The number of hydrogen-bond donors (Lipinski definition) is 1. The molecular formula is C27H34N2O3. The van der Waals surface area contributed by atoms with Crippen LogP contribution in [-0.2, 0) is 6.54 Å². The fraction of sp³-hybridized carbons (Fsp3) is 0.481. The fourth-order valence-electron chi connectivity index (χ4n) is 5.79. The Hall–Kier alpha value is -2.50. The van der Waals surface area contributed by atoms with E-state index in [1.807, 2.05) is 0 Å². The van der Waals surface area contributed by atoms with Crippen LogP contribution in [0.15, 0.2) is 30.3 Å². The summed E-state index contributed by atoms with van der Waals surface area (Å²) < 4.78 is 17.0. The number of ether oxygens (including phenoxy) is 3. The molecule has 5 nitrogen and oxygen atoms in total. The molecular weight excluding hydrogens is 400 g/mol. The van der Waals surface area contributed by atoms with Gasteiger partial charge in [-0.05, 0) is 89.3 Å². The maximum absolute atomic E-state index is 5.71. The Balaban J connectivity index is 1.83. The second-order valence-electron chi connectivity index (χ2n) is 9.02. The topological polar surface area (TPSA) is 43.0 Å². The van der Waals surface area contributed by atoms with Crippen LogP contribution in [0.5, 0.6) is 17.2 Å². The molecule has 0 spiro atoms. The summed E-state index contributed by atoms with van der Waals surface area (Å²) in [6, 6.07) is 11.7. The minimum absolute atomic E-state index is 0.334. The van der Waals surface area contributed by atoms with Crippen molar-refractivity contribution >= 4 is 21.5 Å². The van der Waals surface area contributed by atoms with E-state index in [1.165, 1.54) is 64.9 Å². The van der Waals surface area contributed by atoms with Crippen LogP contribution in [0.1, 0.15) is 49.8 Å². The fourth-order valence-corrected chi connectivity index (χ4v) is 5.79. The molecule has 1 saturated heterocycles. The monoisotopic (exact) mass is 434 g/mol. The Bertz CT molecular complexity index is 1140. The first-order valence-electron chi connectivity index (χ1n) is 11.9. The number of unbranched alkanes of at least 4 members (excludes halogenated alkanes) is 1. The Labute approximate surface area is 190 Å². The predicted octanol–water partition coefficient (Wildman–Crippen LogP) is 5.43. The first-order chi connectivity index (χ1) is 15.7. The lowest BCUT2D eigenvalue weighted by molar-refractivity contribution is 0.180. The van der Waals surface area contributed by atoms with Gasteiger partial charge in [0.2, 0.25) is 0 Å². The van der Waals surface area contributed by atoms with E-state index < -0.39 is 0 Å². The number of rotatable bonds is 7. The van der Waals surface area contributed by atoms with Gasteiger partial charge in [-0.1, -0.05) is 19.4 Å². The normalized spacial score (nSPS) is 20.4. The van der Waals surface area contributed by atoms with Gasteiger partial charge >= 0.3 is 0 Å². The van der Waals surface area contributed by atoms with Crippen LogP contribution in [-0.4, -0.2) is 45.4 Å². The SMILES string of the molecule is CCCCN[C@@H]1c2c(c3cc(OC)c(OC)cc3c3cc(OC)ccc23)CN2CCC[C@H]12. The van der Waals surface area contributed by atoms with Crippen LogP contribution in [0.25, 0.3) is 21.5 Å². The van der Waals surface area contributed by atoms with Crippen molar-refractivity contribution in [3.8, 4) is 17.2 Å². The zero-order chi connectivity index (χ0) is 22.2. The molecule has 170 valence electrons. The average molecular weight is 435 g/mol. The van der Waals surface area contributed by atoms with Crippen LogP contribution in [0, 0.1) is 0 Å². The van der Waals surface area contributed by atoms with E-state index in [-0.39, 0.29) is 0 Å². The maximum Gasteiger partial charge on any atom is 0.161 e. The highest BCUT2D eigenvalue weighted by atomic mass is 16.5. The number of hydrogen-bond acceptors (Lipinski definition) is 5. The lowest BCUT2D eigenvalue weighted by Crippen LogP contribution is -2.45. The van der Waals surface area contributed by atoms with E-state index in [4.69, 9.17) is 14.2 Å². The lowest BCUT2D eigenvalue weighted by Gasteiger charge is -2.40. The van der Waals surface area contributed by atoms with Gasteiger partial charge in [0.15, 0.2) is 11.5 Å². The summed E-state index contributed by atoms with van der Waals surface area (Å²) in [5.41, 5.74) is 2.88. The highest BCUT2D eigenvalue weighted by Gasteiger charge is 2.39. The van der Waals surface area contributed by atoms with Gasteiger partial charge in [0.1, 0.15) is 5.75 Å². The van der Waals surface area contributed by atoms with Gasteiger partial charge in [0.05, 0.1) is 21.3 Å². The molecule has 5 heteroatoms. The van der Waals surface area contributed by atoms with Gasteiger partial charge < -0.3 is 19.5 Å². The highest BCUT2D eigenvalue weighted by molar-refractivity contribution is 6.12. The predicted molar refractivity (Wildman–Crippen MR) is 130 cm³/mol. The van der Waals surface area contributed by atoms with Crippen LogP contribution < -0.4 is 19.5 Å². The Kier molecular flexibility index (Phi) is 5.87. The van der Waals surface area contributed by atoms with Crippen molar-refractivity contribution in [1.82, 2.24) is 10.2 Å². The summed E-state index contributed by atoms with van der Waals surface area (Å²) in [5, 5.41) is 8.94. The summed E-state index contributed by atoms with van der Waals surface area (Å²) >= 11 is 0. The van der Waals surface area contributed by atoms with Crippen molar-refractivity contribution in [1.29, 1.82) is 0 Å². The average Bonchev–Trinajstić information content (AvgIpc) is 3.31. The van der Waals surface area contributed by atoms with Crippen LogP contribution in [0.2, 0.25) is 0 Å². The molecule has 5 rings (SSSR count). The summed E-state index contributed by atoms with van der Waals surface area (Å²) in [6.07, 6.45) is 4.92. The maximum atomic E-state index is 5.71. The van der Waals surface area contributed by atoms with Gasteiger partial charge in [-0.15, -0.1) is 0 Å². The van der Waals surface area contributed by atoms with Crippen molar-refractivity contribution < 1.29 is 14.2 Å².